The average Bonchev–Trinajstić information content (AvgIpc) is 2.89. The lowest BCUT2D eigenvalue weighted by Gasteiger charge is -2.26. The molecule has 40 heavy (non-hydrogen) atoms. The van der Waals surface area contributed by atoms with Crippen LogP contribution in [-0.4, -0.2) is 54.4 Å². The van der Waals surface area contributed by atoms with Gasteiger partial charge in [-0.25, -0.2) is 19.2 Å². The fourth-order valence-electron chi connectivity index (χ4n) is 2.07. The highest BCUT2D eigenvalue weighted by Crippen LogP contribution is 2.47. The van der Waals surface area contributed by atoms with Crippen molar-refractivity contribution >= 4 is 81.9 Å². The maximum absolute atomic E-state index is 11.9. The van der Waals surface area contributed by atoms with Crippen LogP contribution in [0.15, 0.2) is 48.6 Å². The Morgan fingerprint density at radius 2 is 0.825 bits per heavy atom. The van der Waals surface area contributed by atoms with Gasteiger partial charge in [0.1, 0.15) is 23.3 Å². The number of phenols is 1. The maximum Gasteiger partial charge on any atom is 0.333 e. The summed E-state index contributed by atoms with van der Waals surface area (Å²) in [6, 6.07) is 0. The van der Waals surface area contributed by atoms with E-state index in [4.69, 9.17) is 77.0 Å². The second-order valence-electron chi connectivity index (χ2n) is 8.12. The Labute approximate surface area is 256 Å². The summed E-state index contributed by atoms with van der Waals surface area (Å²) >= 11 is 27.9. The molecular formula is C26H27Cl5O9. The highest BCUT2D eigenvalue weighted by atomic mass is 35.5. The molecule has 0 radical (unpaired) electrons. The standard InChI is InChI=1S/C20H26O8.C6HCl5O/c1-11(2)17(21)25-9-15(27-19(23)13(5)6)16(28-20(24)14(7)8)10-26-18(22)12(3)4;7-1-2(8)4(10)6(12)5(11)3(1)9/h15-16H,1,3,5,7,9-10H2,2,4,6,8H3;12H/t15-,16+;. The first kappa shape index (κ1) is 37.3. The number of hydrogen-bond acceptors (Lipinski definition) is 9. The summed E-state index contributed by atoms with van der Waals surface area (Å²) in [4.78, 5) is 47.2. The van der Waals surface area contributed by atoms with E-state index in [9.17, 15) is 24.3 Å². The molecule has 0 aromatic heterocycles. The molecule has 0 heterocycles. The van der Waals surface area contributed by atoms with Gasteiger partial charge in [-0.2, -0.15) is 0 Å². The predicted octanol–water partition coefficient (Wildman–Crippen LogP) is 6.86. The Bertz CT molecular complexity index is 1060. The molecule has 0 fully saturated rings. The average molecular weight is 661 g/mol. The van der Waals surface area contributed by atoms with Crippen molar-refractivity contribution in [1.82, 2.24) is 0 Å². The Kier molecular flexibility index (Phi) is 16.0. The van der Waals surface area contributed by atoms with Crippen LogP contribution in [0.3, 0.4) is 0 Å². The number of aromatic hydroxyl groups is 1. The van der Waals surface area contributed by atoms with Crippen molar-refractivity contribution in [2.45, 2.75) is 39.9 Å². The van der Waals surface area contributed by atoms with Crippen LogP contribution in [0.4, 0.5) is 0 Å². The Morgan fingerprint density at radius 1 is 0.575 bits per heavy atom. The Morgan fingerprint density at radius 3 is 1.07 bits per heavy atom. The third-order valence-electron chi connectivity index (χ3n) is 4.27. The quantitative estimate of drug-likeness (QED) is 0.0891. The normalized spacial score (nSPS) is 11.5. The van der Waals surface area contributed by atoms with E-state index in [1.54, 1.807) is 0 Å². The molecule has 0 saturated carbocycles. The molecule has 14 heteroatoms. The maximum atomic E-state index is 11.9. The molecule has 1 rings (SSSR count). The number of rotatable bonds is 11. The minimum atomic E-state index is -1.27. The van der Waals surface area contributed by atoms with Crippen LogP contribution in [0.25, 0.3) is 0 Å². The van der Waals surface area contributed by atoms with Crippen molar-refractivity contribution in [3.63, 3.8) is 0 Å². The van der Waals surface area contributed by atoms with Gasteiger partial charge < -0.3 is 24.1 Å². The lowest BCUT2D eigenvalue weighted by atomic mass is 10.2. The molecule has 0 spiro atoms. The van der Waals surface area contributed by atoms with Gasteiger partial charge in [0.25, 0.3) is 0 Å². The number of carbonyl (C=O) groups excluding carboxylic acids is 4. The molecule has 0 bridgehead atoms. The van der Waals surface area contributed by atoms with Crippen molar-refractivity contribution in [2.24, 2.45) is 0 Å². The van der Waals surface area contributed by atoms with Gasteiger partial charge in [-0.1, -0.05) is 84.3 Å². The lowest BCUT2D eigenvalue weighted by molar-refractivity contribution is -0.177. The fraction of sp³-hybridized carbons (Fsp3) is 0.308. The van der Waals surface area contributed by atoms with Gasteiger partial charge in [0.15, 0.2) is 18.0 Å². The molecular weight excluding hydrogens is 634 g/mol. The van der Waals surface area contributed by atoms with Gasteiger partial charge >= 0.3 is 23.9 Å². The van der Waals surface area contributed by atoms with E-state index in [1.165, 1.54) is 27.7 Å². The second kappa shape index (κ2) is 17.2. The highest BCUT2D eigenvalue weighted by molar-refractivity contribution is 6.55. The van der Waals surface area contributed by atoms with Crippen molar-refractivity contribution in [2.75, 3.05) is 13.2 Å². The zero-order valence-corrected chi connectivity index (χ0v) is 25.8. The van der Waals surface area contributed by atoms with E-state index < -0.39 is 49.3 Å². The first-order valence-corrected chi connectivity index (χ1v) is 12.8. The van der Waals surface area contributed by atoms with E-state index in [-0.39, 0.29) is 53.2 Å². The fourth-order valence-corrected chi connectivity index (χ4v) is 3.19. The van der Waals surface area contributed by atoms with E-state index >= 15 is 0 Å². The molecule has 0 aliphatic heterocycles. The molecule has 0 aliphatic rings. The number of ether oxygens (including phenoxy) is 4. The van der Waals surface area contributed by atoms with E-state index in [0.29, 0.717) is 0 Å². The zero-order valence-electron chi connectivity index (χ0n) is 22.0. The SMILES string of the molecule is C=C(C)C(=O)OC[C@H](OC(=O)C(=C)C)[C@@H](COC(=O)C(=C)C)OC(=O)C(=C)C.Oc1c(Cl)c(Cl)c(Cl)c(Cl)c1Cl. The van der Waals surface area contributed by atoms with Crippen LogP contribution in [0, 0.1) is 0 Å². The van der Waals surface area contributed by atoms with E-state index in [2.05, 4.69) is 26.3 Å². The second-order valence-corrected chi connectivity index (χ2v) is 10.0. The largest absolute Gasteiger partial charge is 0.505 e. The summed E-state index contributed by atoms with van der Waals surface area (Å²) in [7, 11) is 0. The third kappa shape index (κ3) is 11.8. The monoisotopic (exact) mass is 658 g/mol. The van der Waals surface area contributed by atoms with Crippen LogP contribution in [0.2, 0.25) is 25.1 Å². The summed E-state index contributed by atoms with van der Waals surface area (Å²) in [6.07, 6.45) is -2.54. The summed E-state index contributed by atoms with van der Waals surface area (Å²) < 4.78 is 20.4. The number of esters is 4. The lowest BCUT2D eigenvalue weighted by Crippen LogP contribution is -2.42. The Hall–Kier alpha value is -2.69. The molecule has 1 aromatic carbocycles. The Balaban J connectivity index is 0.00000104. The molecule has 0 aliphatic carbocycles. The summed E-state index contributed by atoms with van der Waals surface area (Å²) in [6.45, 7) is 18.6. The van der Waals surface area contributed by atoms with Gasteiger partial charge in [0.05, 0.1) is 15.1 Å². The van der Waals surface area contributed by atoms with E-state index in [1.807, 2.05) is 0 Å². The van der Waals surface area contributed by atoms with Gasteiger partial charge in [0, 0.05) is 22.3 Å². The van der Waals surface area contributed by atoms with Gasteiger partial charge in [-0.05, 0) is 27.7 Å². The first-order valence-electron chi connectivity index (χ1n) is 10.9. The number of carbonyl (C=O) groups is 4. The van der Waals surface area contributed by atoms with E-state index in [0.717, 1.165) is 0 Å². The summed E-state index contributed by atoms with van der Waals surface area (Å²) in [5.41, 5.74) is 0.378. The molecule has 0 unspecified atom stereocenters. The molecule has 1 N–H and O–H groups in total. The van der Waals surface area contributed by atoms with Crippen LogP contribution >= 0.6 is 58.0 Å². The topological polar surface area (TPSA) is 125 Å². The van der Waals surface area contributed by atoms with Crippen LogP contribution in [-0.2, 0) is 38.1 Å². The molecule has 2 atom stereocenters. The number of phenolic OH excluding ortho intramolecular Hbond substituents is 1. The minimum Gasteiger partial charge on any atom is -0.505 e. The van der Waals surface area contributed by atoms with Gasteiger partial charge in [0.2, 0.25) is 0 Å². The number of halogens is 5. The van der Waals surface area contributed by atoms with Crippen LogP contribution in [0.1, 0.15) is 27.7 Å². The smallest absolute Gasteiger partial charge is 0.333 e. The van der Waals surface area contributed by atoms with Gasteiger partial charge in [-0.15, -0.1) is 0 Å². The summed E-state index contributed by atoms with van der Waals surface area (Å²) in [5.74, 6) is -3.45. The first-order chi connectivity index (χ1) is 18.3. The molecule has 1 aromatic rings. The number of hydrogen-bond donors (Lipinski definition) is 1. The molecule has 220 valence electrons. The van der Waals surface area contributed by atoms with Crippen molar-refractivity contribution in [1.29, 1.82) is 0 Å². The third-order valence-corrected chi connectivity index (χ3v) is 6.53. The van der Waals surface area contributed by atoms with Crippen molar-refractivity contribution in [3.05, 3.63) is 73.7 Å². The minimum absolute atomic E-state index is 0.00904. The zero-order chi connectivity index (χ0) is 31.5. The predicted molar refractivity (Wildman–Crippen MR) is 154 cm³/mol. The number of benzene rings is 1. The van der Waals surface area contributed by atoms with Gasteiger partial charge in [-0.3, -0.25) is 0 Å². The van der Waals surface area contributed by atoms with Crippen LogP contribution < -0.4 is 0 Å². The molecule has 9 nitrogen and oxygen atoms in total. The van der Waals surface area contributed by atoms with Crippen molar-refractivity contribution in [3.8, 4) is 5.75 Å². The van der Waals surface area contributed by atoms with Crippen molar-refractivity contribution < 1.29 is 43.2 Å². The molecule has 0 saturated heterocycles. The molecule has 0 amide bonds. The highest BCUT2D eigenvalue weighted by Gasteiger charge is 2.32. The summed E-state index contributed by atoms with van der Waals surface area (Å²) in [5, 5.41) is 9.01. The van der Waals surface area contributed by atoms with Crippen LogP contribution in [0.5, 0.6) is 5.75 Å².